The third-order valence-electron chi connectivity index (χ3n) is 3.33. The highest BCUT2D eigenvalue weighted by molar-refractivity contribution is 5.21. The van der Waals surface area contributed by atoms with Crippen LogP contribution in [0.1, 0.15) is 23.5 Å². The second kappa shape index (κ2) is 6.48. The van der Waals surface area contributed by atoms with Crippen LogP contribution in [0.4, 0.5) is 4.39 Å². The summed E-state index contributed by atoms with van der Waals surface area (Å²) in [7, 11) is 3.87. The zero-order chi connectivity index (χ0) is 13.7. The first-order valence-corrected chi connectivity index (χ1v) is 6.56. The molecule has 19 heavy (non-hydrogen) atoms. The van der Waals surface area contributed by atoms with Gasteiger partial charge in [-0.1, -0.05) is 12.1 Å². The first-order valence-electron chi connectivity index (χ1n) is 6.56. The van der Waals surface area contributed by atoms with Crippen molar-refractivity contribution in [2.45, 2.75) is 18.8 Å². The minimum Gasteiger partial charge on any atom is -0.319 e. The van der Waals surface area contributed by atoms with Gasteiger partial charge in [-0.25, -0.2) is 4.39 Å². The third kappa shape index (κ3) is 3.89. The van der Waals surface area contributed by atoms with E-state index < -0.39 is 0 Å². The highest BCUT2D eigenvalue weighted by atomic mass is 19.1. The Morgan fingerprint density at radius 2 is 2.05 bits per heavy atom. The van der Waals surface area contributed by atoms with Crippen molar-refractivity contribution in [3.8, 4) is 0 Å². The summed E-state index contributed by atoms with van der Waals surface area (Å²) < 4.78 is 14.8. The van der Waals surface area contributed by atoms with E-state index in [0.717, 1.165) is 19.4 Å². The normalized spacial score (nSPS) is 12.6. The van der Waals surface area contributed by atoms with Crippen molar-refractivity contribution in [3.05, 3.63) is 53.6 Å². The maximum atomic E-state index is 13.0. The highest BCUT2D eigenvalue weighted by Gasteiger charge is 2.11. The molecule has 1 aromatic carbocycles. The van der Waals surface area contributed by atoms with Gasteiger partial charge >= 0.3 is 0 Å². The van der Waals surface area contributed by atoms with Gasteiger partial charge < -0.3 is 5.32 Å². The summed E-state index contributed by atoms with van der Waals surface area (Å²) in [6.07, 6.45) is 5.96. The van der Waals surface area contributed by atoms with E-state index >= 15 is 0 Å². The number of aromatic nitrogens is 2. The summed E-state index contributed by atoms with van der Waals surface area (Å²) in [5, 5.41) is 7.38. The number of likely N-dealkylation sites (N-methyl/N-ethyl adjacent to an activating group) is 1. The Morgan fingerprint density at radius 1 is 1.32 bits per heavy atom. The van der Waals surface area contributed by atoms with Gasteiger partial charge in [-0.05, 0) is 49.1 Å². The van der Waals surface area contributed by atoms with Gasteiger partial charge in [0.15, 0.2) is 0 Å². The lowest BCUT2D eigenvalue weighted by Crippen LogP contribution is -2.17. The molecule has 3 nitrogen and oxygen atoms in total. The summed E-state index contributed by atoms with van der Waals surface area (Å²) in [6, 6.07) is 6.81. The van der Waals surface area contributed by atoms with Crippen molar-refractivity contribution in [3.63, 3.8) is 0 Å². The van der Waals surface area contributed by atoms with Gasteiger partial charge in [-0.2, -0.15) is 5.10 Å². The van der Waals surface area contributed by atoms with Crippen LogP contribution in [-0.4, -0.2) is 23.4 Å². The van der Waals surface area contributed by atoms with Crippen LogP contribution in [0.5, 0.6) is 0 Å². The Hall–Kier alpha value is -1.68. The zero-order valence-electron chi connectivity index (χ0n) is 11.4. The van der Waals surface area contributed by atoms with E-state index in [1.54, 1.807) is 0 Å². The SMILES string of the molecule is CNCC(CCc1cnn(C)c1)c1ccc(F)cc1. The van der Waals surface area contributed by atoms with Crippen molar-refractivity contribution < 1.29 is 4.39 Å². The molecule has 1 atom stereocenters. The van der Waals surface area contributed by atoms with Crippen molar-refractivity contribution >= 4 is 0 Å². The topological polar surface area (TPSA) is 29.9 Å². The van der Waals surface area contributed by atoms with Gasteiger partial charge in [0.25, 0.3) is 0 Å². The standard InChI is InChI=1S/C15H20FN3/c1-17-10-14(13-5-7-15(16)8-6-13)4-3-12-9-18-19(2)11-12/h5-9,11,14,17H,3-4,10H2,1-2H3. The molecule has 4 heteroatoms. The van der Waals surface area contributed by atoms with Gasteiger partial charge in [0.05, 0.1) is 6.20 Å². The third-order valence-corrected chi connectivity index (χ3v) is 3.33. The lowest BCUT2D eigenvalue weighted by Gasteiger charge is -2.16. The number of hydrogen-bond acceptors (Lipinski definition) is 2. The molecule has 1 aromatic heterocycles. The molecule has 0 bridgehead atoms. The number of nitrogens with one attached hydrogen (secondary N) is 1. The Balaban J connectivity index is 2.01. The maximum absolute atomic E-state index is 13.0. The number of benzene rings is 1. The van der Waals surface area contributed by atoms with E-state index in [9.17, 15) is 4.39 Å². The van der Waals surface area contributed by atoms with Crippen molar-refractivity contribution in [2.24, 2.45) is 7.05 Å². The molecule has 1 N–H and O–H groups in total. The molecule has 0 saturated carbocycles. The molecule has 0 aliphatic heterocycles. The first-order chi connectivity index (χ1) is 9.19. The van der Waals surface area contributed by atoms with Crippen molar-refractivity contribution in [1.82, 2.24) is 15.1 Å². The Kier molecular flexibility index (Phi) is 4.68. The number of nitrogens with zero attached hydrogens (tertiary/aromatic N) is 2. The number of rotatable bonds is 6. The fourth-order valence-electron chi connectivity index (χ4n) is 2.31. The molecule has 102 valence electrons. The fourth-order valence-corrected chi connectivity index (χ4v) is 2.31. The maximum Gasteiger partial charge on any atom is 0.123 e. The van der Waals surface area contributed by atoms with Crippen molar-refractivity contribution in [2.75, 3.05) is 13.6 Å². The van der Waals surface area contributed by atoms with E-state index in [4.69, 9.17) is 0 Å². The van der Waals surface area contributed by atoms with Gasteiger partial charge in [-0.3, -0.25) is 4.68 Å². The smallest absolute Gasteiger partial charge is 0.123 e. The van der Waals surface area contributed by atoms with E-state index in [0.29, 0.717) is 5.92 Å². The molecular formula is C15H20FN3. The van der Waals surface area contributed by atoms with Gasteiger partial charge in [0.1, 0.15) is 5.82 Å². The van der Waals surface area contributed by atoms with E-state index in [2.05, 4.69) is 10.4 Å². The van der Waals surface area contributed by atoms with E-state index in [1.807, 2.05) is 43.3 Å². The molecule has 0 spiro atoms. The zero-order valence-corrected chi connectivity index (χ0v) is 11.4. The van der Waals surface area contributed by atoms with Crippen LogP contribution in [0, 0.1) is 5.82 Å². The summed E-state index contributed by atoms with van der Waals surface area (Å²) in [6.45, 7) is 0.895. The number of halogens is 1. The van der Waals surface area contributed by atoms with Crippen LogP contribution in [-0.2, 0) is 13.5 Å². The Labute approximate surface area is 113 Å². The molecule has 2 rings (SSSR count). The van der Waals surface area contributed by atoms with E-state index in [1.165, 1.54) is 23.3 Å². The van der Waals surface area contributed by atoms with Crippen LogP contribution < -0.4 is 5.32 Å². The molecular weight excluding hydrogens is 241 g/mol. The van der Waals surface area contributed by atoms with Crippen LogP contribution in [0.15, 0.2) is 36.7 Å². The van der Waals surface area contributed by atoms with Gasteiger partial charge in [0, 0.05) is 19.8 Å². The second-order valence-corrected chi connectivity index (χ2v) is 4.87. The Bertz CT molecular complexity index is 504. The number of aryl methyl sites for hydroxylation is 2. The fraction of sp³-hybridized carbons (Fsp3) is 0.400. The molecule has 0 saturated heterocycles. The quantitative estimate of drug-likeness (QED) is 0.866. The molecule has 1 heterocycles. The average Bonchev–Trinajstić information content (AvgIpc) is 2.81. The Morgan fingerprint density at radius 3 is 2.63 bits per heavy atom. The van der Waals surface area contributed by atoms with E-state index in [-0.39, 0.29) is 5.82 Å². The monoisotopic (exact) mass is 261 g/mol. The van der Waals surface area contributed by atoms with Crippen LogP contribution >= 0.6 is 0 Å². The largest absolute Gasteiger partial charge is 0.319 e. The average molecular weight is 261 g/mol. The molecule has 0 aliphatic rings. The lowest BCUT2D eigenvalue weighted by molar-refractivity contribution is 0.579. The van der Waals surface area contributed by atoms with Crippen LogP contribution in [0.25, 0.3) is 0 Å². The van der Waals surface area contributed by atoms with Crippen LogP contribution in [0.3, 0.4) is 0 Å². The molecule has 2 aromatic rings. The first kappa shape index (κ1) is 13.7. The lowest BCUT2D eigenvalue weighted by atomic mass is 9.93. The molecule has 0 aliphatic carbocycles. The molecule has 0 amide bonds. The molecule has 1 unspecified atom stereocenters. The predicted molar refractivity (Wildman–Crippen MR) is 74.6 cm³/mol. The second-order valence-electron chi connectivity index (χ2n) is 4.87. The summed E-state index contributed by atoms with van der Waals surface area (Å²) in [4.78, 5) is 0. The highest BCUT2D eigenvalue weighted by Crippen LogP contribution is 2.21. The molecule has 0 fully saturated rings. The summed E-state index contributed by atoms with van der Waals surface area (Å²) in [5.41, 5.74) is 2.42. The van der Waals surface area contributed by atoms with Gasteiger partial charge in [-0.15, -0.1) is 0 Å². The van der Waals surface area contributed by atoms with Crippen LogP contribution in [0.2, 0.25) is 0 Å². The minimum absolute atomic E-state index is 0.181. The van der Waals surface area contributed by atoms with Crippen molar-refractivity contribution in [1.29, 1.82) is 0 Å². The van der Waals surface area contributed by atoms with Gasteiger partial charge in [0.2, 0.25) is 0 Å². The number of hydrogen-bond donors (Lipinski definition) is 1. The molecule has 0 radical (unpaired) electrons. The predicted octanol–water partition coefficient (Wildman–Crippen LogP) is 2.50. The summed E-state index contributed by atoms with van der Waals surface area (Å²) in [5.74, 6) is 0.213. The minimum atomic E-state index is -0.181. The summed E-state index contributed by atoms with van der Waals surface area (Å²) >= 11 is 0.